The number of carbonyl (C=O) groups is 1. The average Bonchev–Trinajstić information content (AvgIpc) is 2.70. The van der Waals surface area contributed by atoms with Crippen LogP contribution >= 0.6 is 0 Å². The number of aryl methyl sites for hydroxylation is 2. The van der Waals surface area contributed by atoms with Crippen molar-refractivity contribution in [3.63, 3.8) is 0 Å². The highest BCUT2D eigenvalue weighted by molar-refractivity contribution is 5.77. The summed E-state index contributed by atoms with van der Waals surface area (Å²) in [6.07, 6.45) is 1.42. The molecule has 150 valence electrons. The van der Waals surface area contributed by atoms with Crippen LogP contribution in [-0.2, 0) is 11.3 Å². The fraction of sp³-hybridized carbons (Fsp3) is 0.227. The van der Waals surface area contributed by atoms with Gasteiger partial charge in [-0.25, -0.2) is 9.37 Å². The Kier molecular flexibility index (Phi) is 6.39. The fourth-order valence-electron chi connectivity index (χ4n) is 2.75. The zero-order chi connectivity index (χ0) is 20.8. The maximum Gasteiger partial charge on any atom is 0.258 e. The highest BCUT2D eigenvalue weighted by Crippen LogP contribution is 2.18. The highest BCUT2D eigenvalue weighted by atomic mass is 19.1. The third-order valence-corrected chi connectivity index (χ3v) is 4.40. The lowest BCUT2D eigenvalue weighted by Crippen LogP contribution is -2.33. The first kappa shape index (κ1) is 20.3. The number of carbonyl (C=O) groups excluding carboxylic acids is 1. The average molecular weight is 395 g/mol. The van der Waals surface area contributed by atoms with Crippen molar-refractivity contribution in [3.05, 3.63) is 82.2 Å². The molecule has 6 nitrogen and oxygen atoms in total. The Labute approximate surface area is 168 Å². The summed E-state index contributed by atoms with van der Waals surface area (Å²) in [5, 5.41) is 2.72. The molecule has 0 atom stereocenters. The summed E-state index contributed by atoms with van der Waals surface area (Å²) in [7, 11) is 0. The molecule has 1 aromatic heterocycles. The summed E-state index contributed by atoms with van der Waals surface area (Å²) in [6.45, 7) is 4.33. The van der Waals surface area contributed by atoms with E-state index < -0.39 is 0 Å². The summed E-state index contributed by atoms with van der Waals surface area (Å²) >= 11 is 0. The Morgan fingerprint density at radius 1 is 1.14 bits per heavy atom. The maximum atomic E-state index is 13.0. The number of benzene rings is 2. The van der Waals surface area contributed by atoms with Crippen LogP contribution in [0.1, 0.15) is 11.1 Å². The van der Waals surface area contributed by atoms with Gasteiger partial charge >= 0.3 is 0 Å². The van der Waals surface area contributed by atoms with Gasteiger partial charge in [0, 0.05) is 24.7 Å². The lowest BCUT2D eigenvalue weighted by Gasteiger charge is -2.11. The molecule has 0 aliphatic heterocycles. The Morgan fingerprint density at radius 2 is 1.90 bits per heavy atom. The third kappa shape index (κ3) is 5.51. The zero-order valence-corrected chi connectivity index (χ0v) is 16.3. The SMILES string of the molecule is Cc1ccc(C)c(OCC(=O)NCCn2cnc(-c3ccc(F)cc3)cc2=O)c1. The van der Waals surface area contributed by atoms with E-state index in [-0.39, 0.29) is 37.0 Å². The molecule has 3 rings (SSSR count). The molecule has 29 heavy (non-hydrogen) atoms. The number of halogens is 1. The first-order chi connectivity index (χ1) is 13.9. The van der Waals surface area contributed by atoms with Crippen molar-refractivity contribution >= 4 is 5.91 Å². The van der Waals surface area contributed by atoms with Gasteiger partial charge in [-0.05, 0) is 55.3 Å². The minimum Gasteiger partial charge on any atom is -0.483 e. The number of amides is 1. The molecule has 0 unspecified atom stereocenters. The molecule has 2 aromatic carbocycles. The van der Waals surface area contributed by atoms with Crippen molar-refractivity contribution in [2.75, 3.05) is 13.2 Å². The van der Waals surface area contributed by atoms with Crippen LogP contribution in [0.5, 0.6) is 5.75 Å². The van der Waals surface area contributed by atoms with Crippen LogP contribution in [0.2, 0.25) is 0 Å². The molecule has 0 saturated carbocycles. The van der Waals surface area contributed by atoms with E-state index >= 15 is 0 Å². The highest BCUT2D eigenvalue weighted by Gasteiger charge is 2.07. The number of aromatic nitrogens is 2. The van der Waals surface area contributed by atoms with Crippen LogP contribution in [-0.4, -0.2) is 28.6 Å². The number of rotatable bonds is 7. The van der Waals surface area contributed by atoms with Crippen molar-refractivity contribution in [2.24, 2.45) is 0 Å². The number of nitrogens with zero attached hydrogens (tertiary/aromatic N) is 2. The van der Waals surface area contributed by atoms with E-state index in [0.29, 0.717) is 17.0 Å². The summed E-state index contributed by atoms with van der Waals surface area (Å²) < 4.78 is 20.0. The predicted octanol–water partition coefficient (Wildman–Crippen LogP) is 2.86. The van der Waals surface area contributed by atoms with E-state index in [4.69, 9.17) is 4.74 Å². The lowest BCUT2D eigenvalue weighted by atomic mass is 10.1. The first-order valence-electron chi connectivity index (χ1n) is 9.21. The standard InChI is InChI=1S/C22H22FN3O3/c1-15-3-4-16(2)20(11-15)29-13-21(27)24-9-10-26-14-25-19(12-22(26)28)17-5-7-18(23)8-6-17/h3-8,11-12,14H,9-10,13H2,1-2H3,(H,24,27). The molecule has 1 heterocycles. The molecule has 0 radical (unpaired) electrons. The molecule has 0 spiro atoms. The fourth-order valence-corrected chi connectivity index (χ4v) is 2.75. The van der Waals surface area contributed by atoms with Gasteiger partial charge < -0.3 is 10.1 Å². The molecule has 7 heteroatoms. The second kappa shape index (κ2) is 9.14. The van der Waals surface area contributed by atoms with Gasteiger partial charge in [0.1, 0.15) is 11.6 Å². The van der Waals surface area contributed by atoms with Crippen molar-refractivity contribution in [1.29, 1.82) is 0 Å². The van der Waals surface area contributed by atoms with Crippen molar-refractivity contribution in [2.45, 2.75) is 20.4 Å². The molecule has 0 aliphatic rings. The smallest absolute Gasteiger partial charge is 0.258 e. The minimum absolute atomic E-state index is 0.0963. The van der Waals surface area contributed by atoms with Crippen molar-refractivity contribution in [3.8, 4) is 17.0 Å². The summed E-state index contributed by atoms with van der Waals surface area (Å²) in [6, 6.07) is 13.0. The number of hydrogen-bond donors (Lipinski definition) is 1. The van der Waals surface area contributed by atoms with Gasteiger partial charge in [-0.3, -0.25) is 14.2 Å². The van der Waals surface area contributed by atoms with Gasteiger partial charge in [0.2, 0.25) is 0 Å². The molecule has 1 amide bonds. The predicted molar refractivity (Wildman–Crippen MR) is 108 cm³/mol. The van der Waals surface area contributed by atoms with Gasteiger partial charge in [-0.2, -0.15) is 0 Å². The quantitative estimate of drug-likeness (QED) is 0.668. The van der Waals surface area contributed by atoms with Gasteiger partial charge in [-0.15, -0.1) is 0 Å². The van der Waals surface area contributed by atoms with Crippen LogP contribution in [0.25, 0.3) is 11.3 Å². The molecule has 0 saturated heterocycles. The number of ether oxygens (including phenoxy) is 1. The molecule has 1 N–H and O–H groups in total. The van der Waals surface area contributed by atoms with Crippen LogP contribution in [0, 0.1) is 19.7 Å². The third-order valence-electron chi connectivity index (χ3n) is 4.40. The van der Waals surface area contributed by atoms with E-state index in [1.54, 1.807) is 12.1 Å². The van der Waals surface area contributed by atoms with Crippen LogP contribution in [0.4, 0.5) is 4.39 Å². The van der Waals surface area contributed by atoms with E-state index in [9.17, 15) is 14.0 Å². The van der Waals surface area contributed by atoms with Gasteiger partial charge in [0.05, 0.1) is 12.0 Å². The van der Waals surface area contributed by atoms with Gasteiger partial charge in [0.25, 0.3) is 11.5 Å². The summed E-state index contributed by atoms with van der Waals surface area (Å²) in [5.74, 6) is 0.0613. The second-order valence-electron chi connectivity index (χ2n) is 6.72. The molecule has 0 fully saturated rings. The minimum atomic E-state index is -0.348. The van der Waals surface area contributed by atoms with Crippen molar-refractivity contribution < 1.29 is 13.9 Å². The topological polar surface area (TPSA) is 73.2 Å². The Morgan fingerprint density at radius 3 is 2.62 bits per heavy atom. The summed E-state index contributed by atoms with van der Waals surface area (Å²) in [5.41, 5.74) is 2.90. The number of nitrogens with one attached hydrogen (secondary N) is 1. The van der Waals surface area contributed by atoms with Crippen LogP contribution in [0.15, 0.2) is 59.7 Å². The molecule has 3 aromatic rings. The van der Waals surface area contributed by atoms with Gasteiger partial charge in [0.15, 0.2) is 6.61 Å². The van der Waals surface area contributed by atoms with E-state index in [1.165, 1.54) is 29.1 Å². The van der Waals surface area contributed by atoms with Crippen LogP contribution < -0.4 is 15.6 Å². The maximum absolute atomic E-state index is 13.0. The Bertz CT molecular complexity index is 1060. The van der Waals surface area contributed by atoms with Crippen LogP contribution in [0.3, 0.4) is 0 Å². The largest absolute Gasteiger partial charge is 0.483 e. The van der Waals surface area contributed by atoms with E-state index in [0.717, 1.165) is 11.1 Å². The first-order valence-corrected chi connectivity index (χ1v) is 9.21. The van der Waals surface area contributed by atoms with E-state index in [1.807, 2.05) is 32.0 Å². The monoisotopic (exact) mass is 395 g/mol. The van der Waals surface area contributed by atoms with E-state index in [2.05, 4.69) is 10.3 Å². The molecule has 0 bridgehead atoms. The zero-order valence-electron chi connectivity index (χ0n) is 16.3. The van der Waals surface area contributed by atoms with Gasteiger partial charge in [-0.1, -0.05) is 12.1 Å². The molecular weight excluding hydrogens is 373 g/mol. The summed E-state index contributed by atoms with van der Waals surface area (Å²) in [4.78, 5) is 28.5. The molecule has 0 aliphatic carbocycles. The normalized spacial score (nSPS) is 10.6. The molecular formula is C22H22FN3O3. The number of hydrogen-bond acceptors (Lipinski definition) is 4. The Hall–Kier alpha value is -3.48. The Balaban J connectivity index is 1.51. The van der Waals surface area contributed by atoms with Crippen molar-refractivity contribution in [1.82, 2.24) is 14.9 Å². The lowest BCUT2D eigenvalue weighted by molar-refractivity contribution is -0.123. The second-order valence-corrected chi connectivity index (χ2v) is 6.72.